The van der Waals surface area contributed by atoms with Crippen molar-refractivity contribution in [3.63, 3.8) is 0 Å². The summed E-state index contributed by atoms with van der Waals surface area (Å²) in [5.41, 5.74) is 4.34. The zero-order valence-electron chi connectivity index (χ0n) is 14.2. The Bertz CT molecular complexity index is 920. The molecule has 4 nitrogen and oxygen atoms in total. The molecule has 1 heterocycles. The molecule has 4 rings (SSSR count). The standard InChI is InChI=1S/C21H19FN2O2/c22-15-7-1-6-14(10-15)17-11-20(25)23-12-18(17)21(26)24-19-9-3-5-13-4-2-8-16(13)19/h1,3,5-7,9-10,12,17H,2,4,8,11H2,(H,23,25)(H,24,26). The number of fused-ring (bicyclic) bond motifs is 1. The van der Waals surface area contributed by atoms with E-state index in [1.807, 2.05) is 12.1 Å². The number of carbonyl (C=O) groups is 2. The van der Waals surface area contributed by atoms with Crippen molar-refractivity contribution >= 4 is 17.5 Å². The van der Waals surface area contributed by atoms with Crippen molar-refractivity contribution in [2.45, 2.75) is 31.6 Å². The van der Waals surface area contributed by atoms with E-state index >= 15 is 0 Å². The van der Waals surface area contributed by atoms with Gasteiger partial charge < -0.3 is 10.6 Å². The Labute approximate surface area is 151 Å². The number of hydrogen-bond acceptors (Lipinski definition) is 2. The average molecular weight is 350 g/mol. The molecule has 0 saturated heterocycles. The molecule has 5 heteroatoms. The van der Waals surface area contributed by atoms with Crippen LogP contribution in [0.5, 0.6) is 0 Å². The van der Waals surface area contributed by atoms with Gasteiger partial charge in [0.2, 0.25) is 5.91 Å². The number of anilines is 1. The summed E-state index contributed by atoms with van der Waals surface area (Å²) in [5, 5.41) is 5.60. The maximum absolute atomic E-state index is 13.6. The summed E-state index contributed by atoms with van der Waals surface area (Å²) in [6.45, 7) is 0. The lowest BCUT2D eigenvalue weighted by molar-refractivity contribution is -0.121. The number of hydrogen-bond donors (Lipinski definition) is 2. The summed E-state index contributed by atoms with van der Waals surface area (Å²) in [6, 6.07) is 12.0. The van der Waals surface area contributed by atoms with Crippen LogP contribution in [0.2, 0.25) is 0 Å². The van der Waals surface area contributed by atoms with Gasteiger partial charge in [-0.3, -0.25) is 9.59 Å². The minimum absolute atomic E-state index is 0.121. The molecule has 0 saturated carbocycles. The van der Waals surface area contributed by atoms with Crippen LogP contribution in [0.3, 0.4) is 0 Å². The fourth-order valence-electron chi connectivity index (χ4n) is 3.79. The second kappa shape index (κ2) is 6.75. The second-order valence-electron chi connectivity index (χ2n) is 6.73. The molecule has 0 aromatic heterocycles. The zero-order valence-corrected chi connectivity index (χ0v) is 14.2. The van der Waals surface area contributed by atoms with Gasteiger partial charge in [0.1, 0.15) is 5.82 Å². The van der Waals surface area contributed by atoms with E-state index in [0.29, 0.717) is 11.1 Å². The molecular formula is C21H19FN2O2. The summed E-state index contributed by atoms with van der Waals surface area (Å²) in [6.07, 6.45) is 4.64. The Morgan fingerprint density at radius 1 is 1.15 bits per heavy atom. The first-order chi connectivity index (χ1) is 12.6. The molecule has 0 spiro atoms. The zero-order chi connectivity index (χ0) is 18.1. The van der Waals surface area contributed by atoms with Crippen molar-refractivity contribution < 1.29 is 14.0 Å². The normalized spacial score (nSPS) is 18.7. The van der Waals surface area contributed by atoms with Gasteiger partial charge in [-0.05, 0) is 54.2 Å². The predicted octanol–water partition coefficient (Wildman–Crippen LogP) is 3.44. The largest absolute Gasteiger partial charge is 0.332 e. The van der Waals surface area contributed by atoms with Gasteiger partial charge in [0.25, 0.3) is 5.91 Å². The molecule has 1 atom stereocenters. The van der Waals surface area contributed by atoms with Crippen LogP contribution < -0.4 is 10.6 Å². The lowest BCUT2D eigenvalue weighted by Gasteiger charge is -2.24. The molecular weight excluding hydrogens is 331 g/mol. The van der Waals surface area contributed by atoms with Crippen molar-refractivity contribution in [1.29, 1.82) is 0 Å². The molecule has 132 valence electrons. The van der Waals surface area contributed by atoms with Gasteiger partial charge in [-0.15, -0.1) is 0 Å². The number of nitrogens with one attached hydrogen (secondary N) is 2. The fraction of sp³-hybridized carbons (Fsp3) is 0.238. The van der Waals surface area contributed by atoms with Crippen LogP contribution in [-0.2, 0) is 22.4 Å². The summed E-state index contributed by atoms with van der Waals surface area (Å²) >= 11 is 0. The van der Waals surface area contributed by atoms with Crippen molar-refractivity contribution in [3.05, 3.63) is 76.7 Å². The summed E-state index contributed by atoms with van der Waals surface area (Å²) < 4.78 is 13.6. The highest BCUT2D eigenvalue weighted by Gasteiger charge is 2.29. The van der Waals surface area contributed by atoms with E-state index in [-0.39, 0.29) is 24.1 Å². The average Bonchev–Trinajstić information content (AvgIpc) is 3.11. The Balaban J connectivity index is 1.63. The lowest BCUT2D eigenvalue weighted by atomic mass is 9.86. The number of benzene rings is 2. The summed E-state index contributed by atoms with van der Waals surface area (Å²) in [5.74, 6) is -1.29. The van der Waals surface area contributed by atoms with E-state index in [9.17, 15) is 14.0 Å². The molecule has 1 aliphatic heterocycles. The molecule has 0 fully saturated rings. The third-order valence-electron chi connectivity index (χ3n) is 5.06. The third kappa shape index (κ3) is 3.12. The third-order valence-corrected chi connectivity index (χ3v) is 5.06. The number of carbonyl (C=O) groups excluding carboxylic acids is 2. The second-order valence-corrected chi connectivity index (χ2v) is 6.73. The van der Waals surface area contributed by atoms with E-state index in [4.69, 9.17) is 0 Å². The maximum atomic E-state index is 13.6. The predicted molar refractivity (Wildman–Crippen MR) is 97.1 cm³/mol. The SMILES string of the molecule is O=C1CC(c2cccc(F)c2)C(C(=O)Nc2cccc3c2CCC3)=CN1. The van der Waals surface area contributed by atoms with Crippen LogP contribution in [0.25, 0.3) is 0 Å². The Morgan fingerprint density at radius 3 is 2.85 bits per heavy atom. The van der Waals surface area contributed by atoms with E-state index < -0.39 is 5.92 Å². The van der Waals surface area contributed by atoms with Crippen LogP contribution in [-0.4, -0.2) is 11.8 Å². The molecule has 2 aromatic carbocycles. The number of rotatable bonds is 3. The van der Waals surface area contributed by atoms with Crippen LogP contribution in [0.15, 0.2) is 54.2 Å². The Kier molecular flexibility index (Phi) is 4.29. The van der Waals surface area contributed by atoms with Crippen molar-refractivity contribution in [3.8, 4) is 0 Å². The molecule has 2 aliphatic rings. The van der Waals surface area contributed by atoms with Gasteiger partial charge in [-0.2, -0.15) is 0 Å². The first kappa shape index (κ1) is 16.5. The van der Waals surface area contributed by atoms with Crippen molar-refractivity contribution in [2.75, 3.05) is 5.32 Å². The molecule has 2 amide bonds. The topological polar surface area (TPSA) is 58.2 Å². The monoisotopic (exact) mass is 350 g/mol. The van der Waals surface area contributed by atoms with E-state index in [1.165, 1.54) is 29.5 Å². The van der Waals surface area contributed by atoms with E-state index in [1.54, 1.807) is 12.1 Å². The highest BCUT2D eigenvalue weighted by molar-refractivity contribution is 6.06. The van der Waals surface area contributed by atoms with Crippen LogP contribution in [0.1, 0.15) is 35.4 Å². The molecule has 1 aliphatic carbocycles. The minimum Gasteiger partial charge on any atom is -0.332 e. The lowest BCUT2D eigenvalue weighted by Crippen LogP contribution is -2.32. The van der Waals surface area contributed by atoms with Gasteiger partial charge >= 0.3 is 0 Å². The quantitative estimate of drug-likeness (QED) is 0.891. The van der Waals surface area contributed by atoms with Crippen LogP contribution in [0, 0.1) is 5.82 Å². The molecule has 26 heavy (non-hydrogen) atoms. The Hall–Kier alpha value is -2.95. The number of halogens is 1. The summed E-state index contributed by atoms with van der Waals surface area (Å²) in [7, 11) is 0. The van der Waals surface area contributed by atoms with Gasteiger partial charge in [-0.1, -0.05) is 24.3 Å². The summed E-state index contributed by atoms with van der Waals surface area (Å²) in [4.78, 5) is 24.7. The van der Waals surface area contributed by atoms with Crippen molar-refractivity contribution in [1.82, 2.24) is 5.32 Å². The van der Waals surface area contributed by atoms with Crippen molar-refractivity contribution in [2.24, 2.45) is 0 Å². The van der Waals surface area contributed by atoms with E-state index in [2.05, 4.69) is 16.7 Å². The molecule has 2 aromatic rings. The van der Waals surface area contributed by atoms with Gasteiger partial charge in [0.05, 0.1) is 0 Å². The van der Waals surface area contributed by atoms with Crippen LogP contribution >= 0.6 is 0 Å². The smallest absolute Gasteiger partial charge is 0.253 e. The molecule has 0 bridgehead atoms. The minimum atomic E-state index is -0.462. The first-order valence-corrected chi connectivity index (χ1v) is 8.79. The fourth-order valence-corrected chi connectivity index (χ4v) is 3.79. The molecule has 0 radical (unpaired) electrons. The Morgan fingerprint density at radius 2 is 2.00 bits per heavy atom. The van der Waals surface area contributed by atoms with Crippen LogP contribution in [0.4, 0.5) is 10.1 Å². The highest BCUT2D eigenvalue weighted by atomic mass is 19.1. The first-order valence-electron chi connectivity index (χ1n) is 8.79. The van der Waals surface area contributed by atoms with E-state index in [0.717, 1.165) is 24.9 Å². The molecule has 2 N–H and O–H groups in total. The number of aryl methyl sites for hydroxylation is 1. The van der Waals surface area contributed by atoms with Gasteiger partial charge in [0.15, 0.2) is 0 Å². The maximum Gasteiger partial charge on any atom is 0.253 e. The van der Waals surface area contributed by atoms with Gasteiger partial charge in [0, 0.05) is 29.8 Å². The van der Waals surface area contributed by atoms with Gasteiger partial charge in [-0.25, -0.2) is 4.39 Å². The molecule has 1 unspecified atom stereocenters. The number of amides is 2. The highest BCUT2D eigenvalue weighted by Crippen LogP contribution is 2.33.